The second kappa shape index (κ2) is 17.2. The lowest BCUT2D eigenvalue weighted by molar-refractivity contribution is -0.137. The highest BCUT2D eigenvalue weighted by Gasteiger charge is 2.17. The molecule has 0 amide bonds. The van der Waals surface area contributed by atoms with Gasteiger partial charge in [0.15, 0.2) is 0 Å². The van der Waals surface area contributed by atoms with Crippen LogP contribution < -0.4 is 5.32 Å². The quantitative estimate of drug-likeness (QED) is 0.310. The minimum Gasteiger partial charge on any atom is -0.481 e. The monoisotopic (exact) mass is 343 g/mol. The van der Waals surface area contributed by atoms with Gasteiger partial charge in [-0.25, -0.2) is 0 Å². The maximum Gasteiger partial charge on any atom is 0.303 e. The van der Waals surface area contributed by atoms with E-state index in [4.69, 9.17) is 5.11 Å². The van der Waals surface area contributed by atoms with Crippen molar-refractivity contribution in [2.24, 2.45) is 0 Å². The average Bonchev–Trinajstić information content (AvgIpc) is 2.55. The van der Waals surface area contributed by atoms with Crippen LogP contribution in [0.1, 0.15) is 104 Å². The maximum absolute atomic E-state index is 10.4. The van der Waals surface area contributed by atoms with Gasteiger partial charge in [0.05, 0.1) is 6.10 Å². The summed E-state index contributed by atoms with van der Waals surface area (Å²) >= 11 is 0. The Hall–Kier alpha value is -0.610. The van der Waals surface area contributed by atoms with Gasteiger partial charge in [-0.3, -0.25) is 4.79 Å². The number of carboxylic acids is 1. The molecule has 0 fully saturated rings. The molecule has 0 radical (unpaired) electrons. The first-order valence-electron chi connectivity index (χ1n) is 10.2. The maximum atomic E-state index is 10.4. The number of carboxylic acid groups (broad SMARTS) is 1. The zero-order chi connectivity index (χ0) is 18.0. The molecule has 3 N–H and O–H groups in total. The van der Waals surface area contributed by atoms with Crippen molar-refractivity contribution in [2.75, 3.05) is 6.54 Å². The van der Waals surface area contributed by atoms with Crippen molar-refractivity contribution in [2.45, 2.75) is 116 Å². The largest absolute Gasteiger partial charge is 0.481 e. The SMILES string of the molecule is CCCCCCCCC(O)C(CCCCCCCC(=O)O)NCC. The molecule has 4 heteroatoms. The van der Waals surface area contributed by atoms with E-state index in [2.05, 4.69) is 19.2 Å². The molecule has 0 heterocycles. The molecule has 2 atom stereocenters. The zero-order valence-electron chi connectivity index (χ0n) is 16.1. The van der Waals surface area contributed by atoms with Crippen LogP contribution in [0, 0.1) is 0 Å². The molecule has 0 aliphatic heterocycles. The van der Waals surface area contributed by atoms with Crippen LogP contribution in [0.25, 0.3) is 0 Å². The fourth-order valence-electron chi connectivity index (χ4n) is 3.20. The first-order valence-corrected chi connectivity index (χ1v) is 10.2. The molecule has 4 nitrogen and oxygen atoms in total. The molecule has 24 heavy (non-hydrogen) atoms. The van der Waals surface area contributed by atoms with Crippen LogP contribution in [-0.2, 0) is 4.79 Å². The summed E-state index contributed by atoms with van der Waals surface area (Å²) in [6.07, 6.45) is 14.7. The van der Waals surface area contributed by atoms with Crippen LogP contribution in [0.4, 0.5) is 0 Å². The number of likely N-dealkylation sites (N-methyl/N-ethyl adjacent to an activating group) is 1. The van der Waals surface area contributed by atoms with Crippen molar-refractivity contribution in [3.63, 3.8) is 0 Å². The van der Waals surface area contributed by atoms with Crippen LogP contribution in [0.2, 0.25) is 0 Å². The average molecular weight is 344 g/mol. The van der Waals surface area contributed by atoms with E-state index in [1.807, 2.05) is 0 Å². The molecule has 0 aromatic carbocycles. The number of aliphatic carboxylic acids is 1. The second-order valence-electron chi connectivity index (χ2n) is 6.99. The van der Waals surface area contributed by atoms with Crippen molar-refractivity contribution in [1.82, 2.24) is 5.32 Å². The van der Waals surface area contributed by atoms with Crippen LogP contribution >= 0.6 is 0 Å². The Morgan fingerprint density at radius 3 is 1.96 bits per heavy atom. The summed E-state index contributed by atoms with van der Waals surface area (Å²) in [5.74, 6) is -0.694. The van der Waals surface area contributed by atoms with Crippen molar-refractivity contribution in [3.05, 3.63) is 0 Å². The van der Waals surface area contributed by atoms with E-state index in [9.17, 15) is 9.90 Å². The normalized spacial score (nSPS) is 13.8. The summed E-state index contributed by atoms with van der Waals surface area (Å²) in [5.41, 5.74) is 0. The highest BCUT2D eigenvalue weighted by Crippen LogP contribution is 2.15. The number of hydrogen-bond acceptors (Lipinski definition) is 3. The fourth-order valence-corrected chi connectivity index (χ4v) is 3.20. The van der Waals surface area contributed by atoms with Gasteiger partial charge in [0.25, 0.3) is 0 Å². The summed E-state index contributed by atoms with van der Waals surface area (Å²) in [5, 5.41) is 22.5. The number of hydrogen-bond donors (Lipinski definition) is 3. The summed E-state index contributed by atoms with van der Waals surface area (Å²) in [7, 11) is 0. The summed E-state index contributed by atoms with van der Waals surface area (Å²) in [6, 6.07) is 0.213. The van der Waals surface area contributed by atoms with E-state index < -0.39 is 5.97 Å². The molecular formula is C20H41NO3. The molecule has 0 bridgehead atoms. The third-order valence-corrected chi connectivity index (χ3v) is 4.69. The minimum atomic E-state index is -0.694. The van der Waals surface area contributed by atoms with E-state index in [1.54, 1.807) is 0 Å². The highest BCUT2D eigenvalue weighted by atomic mass is 16.4. The van der Waals surface area contributed by atoms with Gasteiger partial charge in [-0.2, -0.15) is 0 Å². The van der Waals surface area contributed by atoms with Crippen molar-refractivity contribution in [1.29, 1.82) is 0 Å². The Kier molecular flexibility index (Phi) is 16.8. The second-order valence-corrected chi connectivity index (χ2v) is 6.99. The van der Waals surface area contributed by atoms with Gasteiger partial charge < -0.3 is 15.5 Å². The first-order chi connectivity index (χ1) is 11.6. The number of aliphatic hydroxyl groups is 1. The number of rotatable bonds is 18. The fraction of sp³-hybridized carbons (Fsp3) is 0.950. The molecule has 0 rings (SSSR count). The Balaban J connectivity index is 3.71. The van der Waals surface area contributed by atoms with Crippen LogP contribution in [0.3, 0.4) is 0 Å². The lowest BCUT2D eigenvalue weighted by Gasteiger charge is -2.24. The van der Waals surface area contributed by atoms with Crippen molar-refractivity contribution in [3.8, 4) is 0 Å². The van der Waals surface area contributed by atoms with E-state index in [0.717, 1.165) is 57.9 Å². The lowest BCUT2D eigenvalue weighted by atomic mass is 9.97. The van der Waals surface area contributed by atoms with Crippen LogP contribution in [-0.4, -0.2) is 34.9 Å². The zero-order valence-corrected chi connectivity index (χ0v) is 16.1. The first kappa shape index (κ1) is 23.4. The number of unbranched alkanes of at least 4 members (excludes halogenated alkanes) is 9. The van der Waals surface area contributed by atoms with Crippen molar-refractivity contribution < 1.29 is 15.0 Å². The molecule has 144 valence electrons. The predicted molar refractivity (Wildman–Crippen MR) is 101 cm³/mol. The van der Waals surface area contributed by atoms with Gasteiger partial charge in [-0.15, -0.1) is 0 Å². The Labute approximate surface area is 149 Å². The van der Waals surface area contributed by atoms with Gasteiger partial charge in [-0.1, -0.05) is 78.1 Å². The highest BCUT2D eigenvalue weighted by molar-refractivity contribution is 5.66. The molecule has 0 spiro atoms. The Bertz CT molecular complexity index is 284. The van der Waals surface area contributed by atoms with E-state index in [1.165, 1.54) is 32.1 Å². The van der Waals surface area contributed by atoms with E-state index in [-0.39, 0.29) is 18.6 Å². The predicted octanol–water partition coefficient (Wildman–Crippen LogP) is 4.89. The summed E-state index contributed by atoms with van der Waals surface area (Å²) in [4.78, 5) is 10.4. The summed E-state index contributed by atoms with van der Waals surface area (Å²) in [6.45, 7) is 5.23. The number of nitrogens with one attached hydrogen (secondary N) is 1. The van der Waals surface area contributed by atoms with Crippen LogP contribution in [0.15, 0.2) is 0 Å². The molecular weight excluding hydrogens is 302 g/mol. The van der Waals surface area contributed by atoms with Gasteiger partial charge in [0, 0.05) is 12.5 Å². The number of aliphatic hydroxyl groups excluding tert-OH is 1. The smallest absolute Gasteiger partial charge is 0.303 e. The van der Waals surface area contributed by atoms with Gasteiger partial charge >= 0.3 is 5.97 Å². The standard InChI is InChI=1S/C20H41NO3/c1-3-5-6-7-10-13-16-19(22)18(21-4-2)15-12-9-8-11-14-17-20(23)24/h18-19,21-22H,3-17H2,1-2H3,(H,23,24). The van der Waals surface area contributed by atoms with Gasteiger partial charge in [-0.05, 0) is 25.8 Å². The third-order valence-electron chi connectivity index (χ3n) is 4.69. The molecule has 0 aromatic heterocycles. The molecule has 0 saturated carbocycles. The Morgan fingerprint density at radius 1 is 0.833 bits per heavy atom. The van der Waals surface area contributed by atoms with E-state index >= 15 is 0 Å². The molecule has 2 unspecified atom stereocenters. The summed E-state index contributed by atoms with van der Waals surface area (Å²) < 4.78 is 0. The topological polar surface area (TPSA) is 69.6 Å². The van der Waals surface area contributed by atoms with Crippen LogP contribution in [0.5, 0.6) is 0 Å². The van der Waals surface area contributed by atoms with E-state index in [0.29, 0.717) is 0 Å². The Morgan fingerprint density at radius 2 is 1.38 bits per heavy atom. The molecule has 0 saturated heterocycles. The van der Waals surface area contributed by atoms with Gasteiger partial charge in [0.2, 0.25) is 0 Å². The minimum absolute atomic E-state index is 0.213. The third kappa shape index (κ3) is 14.9. The molecule has 0 aromatic rings. The van der Waals surface area contributed by atoms with Crippen molar-refractivity contribution >= 4 is 5.97 Å². The van der Waals surface area contributed by atoms with Gasteiger partial charge in [0.1, 0.15) is 0 Å². The molecule has 0 aliphatic carbocycles. The lowest BCUT2D eigenvalue weighted by Crippen LogP contribution is -2.39. The molecule has 0 aliphatic rings. The number of carbonyl (C=O) groups is 1.